The zero-order valence-corrected chi connectivity index (χ0v) is 9.43. The van der Waals surface area contributed by atoms with E-state index in [4.69, 9.17) is 23.2 Å². The number of hydrogen-bond acceptors (Lipinski definition) is 2. The van der Waals surface area contributed by atoms with Crippen molar-refractivity contribution in [3.8, 4) is 0 Å². The Bertz CT molecular complexity index is 552. The molecule has 0 amide bonds. The minimum absolute atomic E-state index is 0.247. The highest BCUT2D eigenvalue weighted by Crippen LogP contribution is 2.28. The molecular formula is C11H7Cl2NO. The summed E-state index contributed by atoms with van der Waals surface area (Å²) in [5.74, 6) is 0. The fourth-order valence-electron chi connectivity index (χ4n) is 1.48. The molecule has 1 aromatic carbocycles. The van der Waals surface area contributed by atoms with Crippen LogP contribution >= 0.6 is 23.2 Å². The Balaban J connectivity index is 2.86. The van der Waals surface area contributed by atoms with Crippen molar-refractivity contribution < 1.29 is 4.79 Å². The molecule has 0 spiro atoms. The molecule has 0 unspecified atom stereocenters. The lowest BCUT2D eigenvalue weighted by Gasteiger charge is -2.05. The van der Waals surface area contributed by atoms with Gasteiger partial charge in [0.2, 0.25) is 0 Å². The molecule has 2 nitrogen and oxygen atoms in total. The summed E-state index contributed by atoms with van der Waals surface area (Å²) in [4.78, 5) is 15.2. The molecule has 0 N–H and O–H groups in total. The van der Waals surface area contributed by atoms with Crippen molar-refractivity contribution >= 4 is 39.3 Å². The number of carbonyl (C=O) groups excluding carboxylic acids is 1. The number of hydrogen-bond donors (Lipinski definition) is 0. The van der Waals surface area contributed by atoms with Crippen LogP contribution in [0.2, 0.25) is 5.02 Å². The average Bonchev–Trinajstić information content (AvgIpc) is 2.19. The first-order valence-corrected chi connectivity index (χ1v) is 5.10. The SMILES string of the molecule is Cc1cccc2c(Cl)c(C(=O)Cl)cnc12. The first kappa shape index (κ1) is 10.4. The Morgan fingerprint density at radius 1 is 1.40 bits per heavy atom. The van der Waals surface area contributed by atoms with Gasteiger partial charge in [0, 0.05) is 11.6 Å². The molecule has 15 heavy (non-hydrogen) atoms. The molecule has 4 heteroatoms. The van der Waals surface area contributed by atoms with Crippen LogP contribution in [0, 0.1) is 6.92 Å². The van der Waals surface area contributed by atoms with Crippen molar-refractivity contribution in [2.24, 2.45) is 0 Å². The fraction of sp³-hybridized carbons (Fsp3) is 0.0909. The molecule has 0 aliphatic carbocycles. The largest absolute Gasteiger partial charge is 0.275 e. The fourth-order valence-corrected chi connectivity index (χ4v) is 1.95. The molecule has 0 atom stereocenters. The number of halogens is 2. The number of pyridine rings is 1. The number of fused-ring (bicyclic) bond motifs is 1. The Morgan fingerprint density at radius 2 is 2.13 bits per heavy atom. The summed E-state index contributed by atoms with van der Waals surface area (Å²) in [6, 6.07) is 5.63. The van der Waals surface area contributed by atoms with Gasteiger partial charge in [-0.3, -0.25) is 9.78 Å². The van der Waals surface area contributed by atoms with Gasteiger partial charge < -0.3 is 0 Å². The summed E-state index contributed by atoms with van der Waals surface area (Å²) in [5.41, 5.74) is 2.06. The van der Waals surface area contributed by atoms with Gasteiger partial charge in [0.15, 0.2) is 0 Å². The van der Waals surface area contributed by atoms with Crippen LogP contribution < -0.4 is 0 Å². The molecule has 0 radical (unpaired) electrons. The number of carbonyl (C=O) groups is 1. The van der Waals surface area contributed by atoms with Crippen LogP contribution in [0.5, 0.6) is 0 Å². The maximum Gasteiger partial charge on any atom is 0.255 e. The minimum atomic E-state index is -0.587. The van der Waals surface area contributed by atoms with E-state index in [0.717, 1.165) is 16.5 Å². The summed E-state index contributed by atoms with van der Waals surface area (Å²) < 4.78 is 0. The van der Waals surface area contributed by atoms with E-state index >= 15 is 0 Å². The van der Waals surface area contributed by atoms with Crippen molar-refractivity contribution in [2.45, 2.75) is 6.92 Å². The average molecular weight is 240 g/mol. The molecule has 76 valence electrons. The lowest BCUT2D eigenvalue weighted by atomic mass is 10.1. The Kier molecular flexibility index (Phi) is 2.63. The van der Waals surface area contributed by atoms with Crippen LogP contribution in [0.25, 0.3) is 10.9 Å². The van der Waals surface area contributed by atoms with Crippen molar-refractivity contribution in [1.29, 1.82) is 0 Å². The van der Waals surface area contributed by atoms with Gasteiger partial charge in [-0.2, -0.15) is 0 Å². The summed E-state index contributed by atoms with van der Waals surface area (Å²) in [6.45, 7) is 1.94. The highest BCUT2D eigenvalue weighted by molar-refractivity contribution is 6.69. The van der Waals surface area contributed by atoms with E-state index in [9.17, 15) is 4.79 Å². The third-order valence-corrected chi connectivity index (χ3v) is 2.86. The van der Waals surface area contributed by atoms with Crippen molar-refractivity contribution in [1.82, 2.24) is 4.98 Å². The van der Waals surface area contributed by atoms with Gasteiger partial charge in [-0.15, -0.1) is 0 Å². The second-order valence-corrected chi connectivity index (χ2v) is 3.95. The standard InChI is InChI=1S/C11H7Cl2NO/c1-6-3-2-4-7-9(12)8(11(13)15)5-14-10(6)7/h2-5H,1H3. The highest BCUT2D eigenvalue weighted by Gasteiger charge is 2.12. The second-order valence-electron chi connectivity index (χ2n) is 3.23. The summed E-state index contributed by atoms with van der Waals surface area (Å²) >= 11 is 11.4. The topological polar surface area (TPSA) is 30.0 Å². The normalized spacial score (nSPS) is 10.6. The van der Waals surface area contributed by atoms with Crippen LogP contribution in [0.15, 0.2) is 24.4 Å². The molecule has 0 saturated carbocycles. The molecule has 0 aliphatic heterocycles. The highest BCUT2D eigenvalue weighted by atomic mass is 35.5. The quantitative estimate of drug-likeness (QED) is 0.713. The van der Waals surface area contributed by atoms with E-state index in [2.05, 4.69) is 4.98 Å². The molecule has 0 fully saturated rings. The number of para-hydroxylation sites is 1. The number of aryl methyl sites for hydroxylation is 1. The van der Waals surface area contributed by atoms with Gasteiger partial charge in [0.1, 0.15) is 0 Å². The number of benzene rings is 1. The molecule has 0 bridgehead atoms. The van der Waals surface area contributed by atoms with Gasteiger partial charge in [-0.25, -0.2) is 0 Å². The first-order chi connectivity index (χ1) is 7.11. The van der Waals surface area contributed by atoms with Crippen LogP contribution in [0.1, 0.15) is 15.9 Å². The van der Waals surface area contributed by atoms with E-state index in [-0.39, 0.29) is 5.56 Å². The molecular weight excluding hydrogens is 233 g/mol. The second kappa shape index (κ2) is 3.80. The van der Waals surface area contributed by atoms with Crippen LogP contribution in [-0.2, 0) is 0 Å². The van der Waals surface area contributed by atoms with E-state index in [1.54, 1.807) is 0 Å². The minimum Gasteiger partial charge on any atom is -0.275 e. The third kappa shape index (κ3) is 1.71. The van der Waals surface area contributed by atoms with E-state index < -0.39 is 5.24 Å². The molecule has 1 aromatic heterocycles. The van der Waals surface area contributed by atoms with Gasteiger partial charge in [-0.1, -0.05) is 29.8 Å². The Labute approximate surface area is 96.8 Å². The first-order valence-electron chi connectivity index (χ1n) is 4.35. The number of rotatable bonds is 1. The summed E-state index contributed by atoms with van der Waals surface area (Å²) in [5, 5.41) is 0.530. The van der Waals surface area contributed by atoms with Gasteiger partial charge >= 0.3 is 0 Å². The maximum atomic E-state index is 11.0. The number of nitrogens with zero attached hydrogens (tertiary/aromatic N) is 1. The van der Waals surface area contributed by atoms with Crippen molar-refractivity contribution in [3.05, 3.63) is 40.5 Å². The van der Waals surface area contributed by atoms with Crippen molar-refractivity contribution in [2.75, 3.05) is 0 Å². The lowest BCUT2D eigenvalue weighted by molar-refractivity contribution is 0.108. The van der Waals surface area contributed by atoms with Gasteiger partial charge in [0.05, 0.1) is 16.1 Å². The molecule has 2 aromatic rings. The van der Waals surface area contributed by atoms with Crippen LogP contribution in [0.4, 0.5) is 0 Å². The van der Waals surface area contributed by atoms with E-state index in [1.165, 1.54) is 6.20 Å². The van der Waals surface area contributed by atoms with Gasteiger partial charge in [0.25, 0.3) is 5.24 Å². The maximum absolute atomic E-state index is 11.0. The van der Waals surface area contributed by atoms with E-state index in [0.29, 0.717) is 5.02 Å². The predicted octanol–water partition coefficient (Wildman–Crippen LogP) is 3.58. The number of aromatic nitrogens is 1. The molecule has 0 saturated heterocycles. The Morgan fingerprint density at radius 3 is 2.80 bits per heavy atom. The summed E-state index contributed by atoms with van der Waals surface area (Å²) in [7, 11) is 0. The smallest absolute Gasteiger partial charge is 0.255 e. The third-order valence-electron chi connectivity index (χ3n) is 2.25. The Hall–Kier alpha value is -1.12. The molecule has 0 aliphatic rings. The van der Waals surface area contributed by atoms with E-state index in [1.807, 2.05) is 25.1 Å². The monoisotopic (exact) mass is 239 g/mol. The van der Waals surface area contributed by atoms with Crippen LogP contribution in [0.3, 0.4) is 0 Å². The van der Waals surface area contributed by atoms with Gasteiger partial charge in [-0.05, 0) is 24.1 Å². The van der Waals surface area contributed by atoms with Crippen LogP contribution in [-0.4, -0.2) is 10.2 Å². The zero-order chi connectivity index (χ0) is 11.0. The van der Waals surface area contributed by atoms with Crippen molar-refractivity contribution in [3.63, 3.8) is 0 Å². The predicted molar refractivity (Wildman–Crippen MR) is 61.7 cm³/mol. The summed E-state index contributed by atoms with van der Waals surface area (Å²) in [6.07, 6.45) is 1.41. The molecule has 2 rings (SSSR count). The molecule has 1 heterocycles. The lowest BCUT2D eigenvalue weighted by Crippen LogP contribution is -1.94. The zero-order valence-electron chi connectivity index (χ0n) is 7.92.